The lowest BCUT2D eigenvalue weighted by atomic mass is 9.86. The van der Waals surface area contributed by atoms with Gasteiger partial charge in [-0.15, -0.1) is 0 Å². The number of amides is 1. The topological polar surface area (TPSA) is 50.2 Å². The van der Waals surface area contributed by atoms with E-state index in [1.54, 1.807) is 6.20 Å². The van der Waals surface area contributed by atoms with E-state index in [1.807, 2.05) is 28.7 Å². The van der Waals surface area contributed by atoms with E-state index in [2.05, 4.69) is 15.3 Å². The first-order chi connectivity index (χ1) is 9.83. The van der Waals surface area contributed by atoms with Gasteiger partial charge in [0, 0.05) is 31.2 Å². The summed E-state index contributed by atoms with van der Waals surface area (Å²) >= 11 is 1.95. The highest BCUT2D eigenvalue weighted by Gasteiger charge is 2.44. The average molecular weight is 294 g/mol. The third-order valence-corrected chi connectivity index (χ3v) is 5.33. The summed E-state index contributed by atoms with van der Waals surface area (Å²) in [6.07, 6.45) is 6.48. The fraction of sp³-hybridized carbons (Fsp3) is 0.714. The highest BCUT2D eigenvalue weighted by Crippen LogP contribution is 2.30. The molecule has 2 aliphatic heterocycles. The van der Waals surface area contributed by atoms with Gasteiger partial charge >= 0.3 is 0 Å². The summed E-state index contributed by atoms with van der Waals surface area (Å²) in [5.74, 6) is 2.49. The van der Waals surface area contributed by atoms with E-state index in [9.17, 15) is 4.79 Å². The van der Waals surface area contributed by atoms with Crippen LogP contribution in [0.2, 0.25) is 0 Å². The van der Waals surface area contributed by atoms with Crippen molar-refractivity contribution in [1.29, 1.82) is 0 Å². The maximum Gasteiger partial charge on any atom is 0.250 e. The monoisotopic (exact) mass is 294 g/mol. The molecule has 0 saturated carbocycles. The van der Waals surface area contributed by atoms with Crippen molar-refractivity contribution in [3.63, 3.8) is 0 Å². The van der Waals surface area contributed by atoms with Crippen LogP contribution in [0, 0.1) is 0 Å². The number of rotatable bonds is 2. The van der Waals surface area contributed by atoms with E-state index >= 15 is 0 Å². The molecule has 0 atom stereocenters. The SMILES string of the molecule is O=C(N1CCCSCC1)C1(n2cccn2)CCNCC1. The molecule has 2 saturated heterocycles. The Morgan fingerprint density at radius 2 is 2.10 bits per heavy atom. The third-order valence-electron chi connectivity index (χ3n) is 4.28. The standard InChI is InChI=1S/C14H22N4OS/c19-13(17-8-2-11-20-12-10-17)14(3-6-15-7-4-14)18-9-1-5-16-18/h1,5,9,15H,2-4,6-8,10-12H2. The van der Waals surface area contributed by atoms with Crippen LogP contribution in [0.4, 0.5) is 0 Å². The van der Waals surface area contributed by atoms with Crippen LogP contribution in [0.1, 0.15) is 19.3 Å². The molecule has 0 spiro atoms. The lowest BCUT2D eigenvalue weighted by Crippen LogP contribution is -2.56. The van der Waals surface area contributed by atoms with E-state index in [-0.39, 0.29) is 5.91 Å². The van der Waals surface area contributed by atoms with E-state index in [0.29, 0.717) is 0 Å². The van der Waals surface area contributed by atoms with Crippen LogP contribution < -0.4 is 5.32 Å². The van der Waals surface area contributed by atoms with Crippen LogP contribution in [0.3, 0.4) is 0 Å². The van der Waals surface area contributed by atoms with Crippen LogP contribution in [0.25, 0.3) is 0 Å². The Labute approximate surface area is 124 Å². The molecule has 5 nitrogen and oxygen atoms in total. The van der Waals surface area contributed by atoms with Gasteiger partial charge in [0.05, 0.1) is 0 Å². The Hall–Kier alpha value is -1.01. The van der Waals surface area contributed by atoms with Gasteiger partial charge < -0.3 is 10.2 Å². The zero-order chi connectivity index (χ0) is 13.8. The van der Waals surface area contributed by atoms with Crippen LogP contribution in [-0.4, -0.2) is 58.3 Å². The van der Waals surface area contributed by atoms with Crippen molar-refractivity contribution in [2.24, 2.45) is 0 Å². The van der Waals surface area contributed by atoms with Gasteiger partial charge in [0.2, 0.25) is 0 Å². The highest BCUT2D eigenvalue weighted by atomic mass is 32.2. The molecule has 0 aliphatic carbocycles. The number of piperidine rings is 1. The molecule has 0 aromatic carbocycles. The number of thioether (sulfide) groups is 1. The van der Waals surface area contributed by atoms with E-state index in [4.69, 9.17) is 0 Å². The second-order valence-corrected chi connectivity index (χ2v) is 6.72. The molecule has 2 aliphatic rings. The Kier molecular flexibility index (Phi) is 4.31. The number of aromatic nitrogens is 2. The van der Waals surface area contributed by atoms with Gasteiger partial charge in [-0.1, -0.05) is 0 Å². The quantitative estimate of drug-likeness (QED) is 0.881. The minimum atomic E-state index is -0.468. The lowest BCUT2D eigenvalue weighted by Gasteiger charge is -2.40. The summed E-state index contributed by atoms with van der Waals surface area (Å²) in [7, 11) is 0. The Bertz CT molecular complexity index is 434. The summed E-state index contributed by atoms with van der Waals surface area (Å²) in [6, 6.07) is 1.91. The van der Waals surface area contributed by atoms with Crippen molar-refractivity contribution in [3.8, 4) is 0 Å². The van der Waals surface area contributed by atoms with Gasteiger partial charge in [-0.2, -0.15) is 16.9 Å². The Morgan fingerprint density at radius 1 is 1.25 bits per heavy atom. The van der Waals surface area contributed by atoms with Gasteiger partial charge in [0.25, 0.3) is 5.91 Å². The molecule has 1 N–H and O–H groups in total. The fourth-order valence-corrected chi connectivity index (χ4v) is 4.03. The normalized spacial score (nSPS) is 23.3. The molecule has 6 heteroatoms. The number of carbonyl (C=O) groups excluding carboxylic acids is 1. The maximum absolute atomic E-state index is 13.2. The van der Waals surface area contributed by atoms with E-state index in [1.165, 1.54) is 5.75 Å². The first-order valence-corrected chi connectivity index (χ1v) is 8.56. The average Bonchev–Trinajstić information content (AvgIpc) is 2.91. The number of hydrogen-bond donors (Lipinski definition) is 1. The molecule has 0 unspecified atom stereocenters. The van der Waals surface area contributed by atoms with Crippen molar-refractivity contribution >= 4 is 17.7 Å². The maximum atomic E-state index is 13.2. The van der Waals surface area contributed by atoms with Gasteiger partial charge in [0.1, 0.15) is 5.54 Å². The van der Waals surface area contributed by atoms with Gasteiger partial charge in [-0.25, -0.2) is 0 Å². The fourth-order valence-electron chi connectivity index (χ4n) is 3.15. The van der Waals surface area contributed by atoms with Crippen molar-refractivity contribution in [3.05, 3.63) is 18.5 Å². The predicted octanol–water partition coefficient (Wildman–Crippen LogP) is 0.927. The number of hydrogen-bond acceptors (Lipinski definition) is 4. The second-order valence-electron chi connectivity index (χ2n) is 5.49. The van der Waals surface area contributed by atoms with E-state index in [0.717, 1.165) is 51.2 Å². The zero-order valence-corrected chi connectivity index (χ0v) is 12.6. The van der Waals surface area contributed by atoms with Gasteiger partial charge in [-0.3, -0.25) is 9.48 Å². The molecular weight excluding hydrogens is 272 g/mol. The third kappa shape index (κ3) is 2.59. The minimum Gasteiger partial charge on any atom is -0.340 e. The highest BCUT2D eigenvalue weighted by molar-refractivity contribution is 7.99. The minimum absolute atomic E-state index is 0.269. The second kappa shape index (κ2) is 6.18. The Morgan fingerprint density at radius 3 is 2.85 bits per heavy atom. The Balaban J connectivity index is 1.86. The molecule has 1 aromatic heterocycles. The van der Waals surface area contributed by atoms with Crippen molar-refractivity contribution < 1.29 is 4.79 Å². The van der Waals surface area contributed by atoms with Gasteiger partial charge in [-0.05, 0) is 44.2 Å². The number of carbonyl (C=O) groups is 1. The van der Waals surface area contributed by atoms with Crippen molar-refractivity contribution in [2.75, 3.05) is 37.7 Å². The smallest absolute Gasteiger partial charge is 0.250 e. The summed E-state index contributed by atoms with van der Waals surface area (Å²) in [5.41, 5.74) is -0.468. The molecule has 1 amide bonds. The van der Waals surface area contributed by atoms with Crippen molar-refractivity contribution in [1.82, 2.24) is 20.0 Å². The number of nitrogens with one attached hydrogen (secondary N) is 1. The first kappa shape index (κ1) is 13.9. The molecule has 3 heterocycles. The van der Waals surface area contributed by atoms with Gasteiger partial charge in [0.15, 0.2) is 0 Å². The van der Waals surface area contributed by atoms with Crippen LogP contribution >= 0.6 is 11.8 Å². The summed E-state index contributed by atoms with van der Waals surface area (Å²) in [5, 5.41) is 7.74. The van der Waals surface area contributed by atoms with Crippen molar-refractivity contribution in [2.45, 2.75) is 24.8 Å². The summed E-state index contributed by atoms with van der Waals surface area (Å²) in [4.78, 5) is 15.2. The molecule has 110 valence electrons. The molecular formula is C14H22N4OS. The lowest BCUT2D eigenvalue weighted by molar-refractivity contribution is -0.142. The largest absolute Gasteiger partial charge is 0.340 e. The molecule has 0 radical (unpaired) electrons. The first-order valence-electron chi connectivity index (χ1n) is 7.41. The summed E-state index contributed by atoms with van der Waals surface area (Å²) < 4.78 is 1.90. The predicted molar refractivity (Wildman–Crippen MR) is 80.8 cm³/mol. The van der Waals surface area contributed by atoms with E-state index < -0.39 is 5.54 Å². The molecule has 1 aromatic rings. The molecule has 20 heavy (non-hydrogen) atoms. The zero-order valence-electron chi connectivity index (χ0n) is 11.8. The summed E-state index contributed by atoms with van der Waals surface area (Å²) in [6.45, 7) is 3.53. The van der Waals surface area contributed by atoms with Crippen LogP contribution in [-0.2, 0) is 10.3 Å². The molecule has 3 rings (SSSR count). The number of nitrogens with zero attached hydrogens (tertiary/aromatic N) is 3. The molecule has 2 fully saturated rings. The van der Waals surface area contributed by atoms with Crippen LogP contribution in [0.15, 0.2) is 18.5 Å². The molecule has 0 bridgehead atoms. The van der Waals surface area contributed by atoms with Crippen LogP contribution in [0.5, 0.6) is 0 Å².